The molecular formula is C13H27FN2O. The molecule has 2 atom stereocenters. The quantitative estimate of drug-likeness (QED) is 0.755. The first-order valence-electron chi connectivity index (χ1n) is 6.92. The standard InChI is InChI=1S/C11H21FN2O.C2H6/c1-3-13-4-5-15-11(8-13)9(2)14-6-10(12)7-14;1-2/h9-11H,3-8H2,1-2H3;1-2H3. The molecule has 0 radical (unpaired) electrons. The SMILES string of the molecule is CC.CCN1CCOC(C(C)N2CC(F)C2)C1. The Labute approximate surface area is 105 Å². The van der Waals surface area contributed by atoms with E-state index in [4.69, 9.17) is 4.74 Å². The molecule has 0 bridgehead atoms. The van der Waals surface area contributed by atoms with Gasteiger partial charge in [-0.1, -0.05) is 20.8 Å². The summed E-state index contributed by atoms with van der Waals surface area (Å²) in [5.74, 6) is 0. The number of likely N-dealkylation sites (N-methyl/N-ethyl adjacent to an activating group) is 1. The van der Waals surface area contributed by atoms with Gasteiger partial charge in [-0.05, 0) is 13.5 Å². The molecule has 2 aliphatic heterocycles. The zero-order chi connectivity index (χ0) is 12.8. The Kier molecular flexibility index (Phi) is 6.38. The average molecular weight is 246 g/mol. The number of alkyl halides is 1. The van der Waals surface area contributed by atoms with Gasteiger partial charge in [0.2, 0.25) is 0 Å². The highest BCUT2D eigenvalue weighted by molar-refractivity contribution is 4.89. The highest BCUT2D eigenvalue weighted by Crippen LogP contribution is 2.20. The molecule has 0 spiro atoms. The van der Waals surface area contributed by atoms with Crippen LogP contribution in [0.15, 0.2) is 0 Å². The topological polar surface area (TPSA) is 15.7 Å². The van der Waals surface area contributed by atoms with E-state index in [1.807, 2.05) is 13.8 Å². The summed E-state index contributed by atoms with van der Waals surface area (Å²) in [6.07, 6.45) is -0.357. The lowest BCUT2D eigenvalue weighted by molar-refractivity contribution is -0.0903. The van der Waals surface area contributed by atoms with Crippen molar-refractivity contribution in [2.45, 2.75) is 46.0 Å². The Morgan fingerprint density at radius 2 is 1.94 bits per heavy atom. The molecule has 0 amide bonds. The van der Waals surface area contributed by atoms with Gasteiger partial charge in [0.25, 0.3) is 0 Å². The first-order valence-corrected chi connectivity index (χ1v) is 6.92. The van der Waals surface area contributed by atoms with Crippen molar-refractivity contribution >= 4 is 0 Å². The summed E-state index contributed by atoms with van der Waals surface area (Å²) in [5, 5.41) is 0. The Balaban J connectivity index is 0.000000686. The molecular weight excluding hydrogens is 219 g/mol. The second-order valence-electron chi connectivity index (χ2n) is 4.59. The second-order valence-corrected chi connectivity index (χ2v) is 4.59. The maximum absolute atomic E-state index is 12.7. The van der Waals surface area contributed by atoms with E-state index < -0.39 is 6.17 Å². The minimum absolute atomic E-state index is 0.256. The van der Waals surface area contributed by atoms with Crippen LogP contribution in [0, 0.1) is 0 Å². The van der Waals surface area contributed by atoms with Crippen LogP contribution in [0.4, 0.5) is 4.39 Å². The molecule has 0 aromatic carbocycles. The lowest BCUT2D eigenvalue weighted by Gasteiger charge is -2.44. The molecule has 102 valence electrons. The molecule has 3 nitrogen and oxygen atoms in total. The molecule has 2 saturated heterocycles. The smallest absolute Gasteiger partial charge is 0.125 e. The van der Waals surface area contributed by atoms with Crippen LogP contribution in [0.25, 0.3) is 0 Å². The lowest BCUT2D eigenvalue weighted by atomic mass is 10.0. The molecule has 2 heterocycles. The van der Waals surface area contributed by atoms with Crippen LogP contribution in [-0.4, -0.2) is 67.4 Å². The van der Waals surface area contributed by atoms with Crippen LogP contribution in [0.1, 0.15) is 27.7 Å². The molecule has 2 aliphatic rings. The number of hydrogen-bond donors (Lipinski definition) is 0. The Hall–Kier alpha value is -0.190. The lowest BCUT2D eigenvalue weighted by Crippen LogP contribution is -2.59. The maximum Gasteiger partial charge on any atom is 0.125 e. The van der Waals surface area contributed by atoms with Gasteiger partial charge in [-0.3, -0.25) is 9.80 Å². The molecule has 0 aliphatic carbocycles. The molecule has 0 aromatic rings. The van der Waals surface area contributed by atoms with Gasteiger partial charge >= 0.3 is 0 Å². The average Bonchev–Trinajstić information content (AvgIpc) is 2.37. The number of nitrogens with zero attached hydrogens (tertiary/aromatic N) is 2. The fourth-order valence-corrected chi connectivity index (χ4v) is 2.33. The van der Waals surface area contributed by atoms with E-state index in [0.717, 1.165) is 26.2 Å². The third kappa shape index (κ3) is 3.90. The number of ether oxygens (including phenoxy) is 1. The number of hydrogen-bond acceptors (Lipinski definition) is 3. The predicted octanol–water partition coefficient (Wildman–Crippen LogP) is 1.78. The van der Waals surface area contributed by atoms with Gasteiger partial charge in [-0.2, -0.15) is 0 Å². The molecule has 2 unspecified atom stereocenters. The van der Waals surface area contributed by atoms with Crippen LogP contribution in [-0.2, 0) is 4.74 Å². The fraction of sp³-hybridized carbons (Fsp3) is 1.00. The van der Waals surface area contributed by atoms with Crippen molar-refractivity contribution in [1.29, 1.82) is 0 Å². The normalized spacial score (nSPS) is 29.1. The molecule has 2 rings (SSSR count). The van der Waals surface area contributed by atoms with Gasteiger partial charge in [-0.25, -0.2) is 4.39 Å². The van der Waals surface area contributed by atoms with Crippen LogP contribution in [0.3, 0.4) is 0 Å². The molecule has 17 heavy (non-hydrogen) atoms. The summed E-state index contributed by atoms with van der Waals surface area (Å²) in [6.45, 7) is 13.4. The Bertz CT molecular complexity index is 210. The zero-order valence-electron chi connectivity index (χ0n) is 11.7. The largest absolute Gasteiger partial charge is 0.374 e. The minimum atomic E-state index is -0.613. The van der Waals surface area contributed by atoms with Crippen molar-refractivity contribution in [3.63, 3.8) is 0 Å². The summed E-state index contributed by atoms with van der Waals surface area (Å²) in [4.78, 5) is 4.58. The van der Waals surface area contributed by atoms with Gasteiger partial charge in [0, 0.05) is 32.2 Å². The number of likely N-dealkylation sites (tertiary alicyclic amines) is 1. The zero-order valence-corrected chi connectivity index (χ0v) is 11.7. The third-order valence-electron chi connectivity index (χ3n) is 3.60. The Morgan fingerprint density at radius 1 is 1.29 bits per heavy atom. The molecule has 0 N–H and O–H groups in total. The monoisotopic (exact) mass is 246 g/mol. The van der Waals surface area contributed by atoms with Gasteiger partial charge in [0.05, 0.1) is 12.7 Å². The van der Waals surface area contributed by atoms with E-state index in [-0.39, 0.29) is 6.10 Å². The van der Waals surface area contributed by atoms with E-state index in [2.05, 4.69) is 23.6 Å². The van der Waals surface area contributed by atoms with Crippen LogP contribution in [0.5, 0.6) is 0 Å². The molecule has 2 fully saturated rings. The van der Waals surface area contributed by atoms with Gasteiger partial charge in [0.15, 0.2) is 0 Å². The maximum atomic E-state index is 12.7. The first-order chi connectivity index (χ1) is 8.20. The van der Waals surface area contributed by atoms with Gasteiger partial charge in [-0.15, -0.1) is 0 Å². The van der Waals surface area contributed by atoms with Crippen molar-refractivity contribution < 1.29 is 9.13 Å². The second kappa shape index (κ2) is 7.29. The molecule has 4 heteroatoms. The summed E-state index contributed by atoms with van der Waals surface area (Å²) >= 11 is 0. The van der Waals surface area contributed by atoms with E-state index in [1.165, 1.54) is 0 Å². The summed E-state index contributed by atoms with van der Waals surface area (Å²) in [7, 11) is 0. The molecule has 0 saturated carbocycles. The van der Waals surface area contributed by atoms with Crippen LogP contribution < -0.4 is 0 Å². The highest BCUT2D eigenvalue weighted by Gasteiger charge is 2.35. The van der Waals surface area contributed by atoms with Crippen molar-refractivity contribution in [1.82, 2.24) is 9.80 Å². The van der Waals surface area contributed by atoms with Gasteiger partial charge in [0.1, 0.15) is 6.17 Å². The Morgan fingerprint density at radius 3 is 2.47 bits per heavy atom. The van der Waals surface area contributed by atoms with Crippen molar-refractivity contribution in [2.24, 2.45) is 0 Å². The number of morpholine rings is 1. The van der Waals surface area contributed by atoms with E-state index in [9.17, 15) is 4.39 Å². The minimum Gasteiger partial charge on any atom is -0.374 e. The van der Waals surface area contributed by atoms with E-state index in [1.54, 1.807) is 0 Å². The number of halogens is 1. The van der Waals surface area contributed by atoms with Crippen LogP contribution in [0.2, 0.25) is 0 Å². The predicted molar refractivity (Wildman–Crippen MR) is 69.1 cm³/mol. The van der Waals surface area contributed by atoms with E-state index >= 15 is 0 Å². The highest BCUT2D eigenvalue weighted by atomic mass is 19.1. The summed E-state index contributed by atoms with van der Waals surface area (Å²) in [5.41, 5.74) is 0. The van der Waals surface area contributed by atoms with Crippen molar-refractivity contribution in [3.05, 3.63) is 0 Å². The fourth-order valence-electron chi connectivity index (χ4n) is 2.33. The van der Waals surface area contributed by atoms with Crippen LogP contribution >= 0.6 is 0 Å². The molecule has 0 aromatic heterocycles. The third-order valence-corrected chi connectivity index (χ3v) is 3.60. The summed E-state index contributed by atoms with van der Waals surface area (Å²) in [6, 6.07) is 0.353. The van der Waals surface area contributed by atoms with Crippen molar-refractivity contribution in [3.8, 4) is 0 Å². The number of rotatable bonds is 3. The first kappa shape index (κ1) is 14.9. The summed E-state index contributed by atoms with van der Waals surface area (Å²) < 4.78 is 18.5. The van der Waals surface area contributed by atoms with Crippen molar-refractivity contribution in [2.75, 3.05) is 39.3 Å². The van der Waals surface area contributed by atoms with E-state index in [0.29, 0.717) is 19.1 Å². The van der Waals surface area contributed by atoms with Gasteiger partial charge < -0.3 is 4.74 Å².